The molecule has 0 radical (unpaired) electrons. The van der Waals surface area contributed by atoms with Crippen molar-refractivity contribution in [2.75, 3.05) is 18.5 Å². The third-order valence-corrected chi connectivity index (χ3v) is 5.23. The third-order valence-electron chi connectivity index (χ3n) is 5.23. The smallest absolute Gasteiger partial charge is 0.433 e. The van der Waals surface area contributed by atoms with Crippen molar-refractivity contribution in [2.45, 2.75) is 25.1 Å². The minimum Gasteiger partial charge on any atom is -0.476 e. The maximum atomic E-state index is 14.5. The maximum absolute atomic E-state index is 14.5. The first-order valence-corrected chi connectivity index (χ1v) is 10.0. The molecule has 4 amide bonds. The van der Waals surface area contributed by atoms with Crippen molar-refractivity contribution in [1.82, 2.24) is 15.2 Å². The number of aromatic nitrogens is 1. The number of carbonyl (C=O) groups is 4. The van der Waals surface area contributed by atoms with E-state index in [1.54, 1.807) is 0 Å². The monoisotopic (exact) mass is 480 g/mol. The number of fused-ring (bicyclic) bond motifs is 1. The lowest BCUT2D eigenvalue weighted by Crippen LogP contribution is -2.54. The van der Waals surface area contributed by atoms with Gasteiger partial charge in [-0.1, -0.05) is 6.07 Å². The van der Waals surface area contributed by atoms with Gasteiger partial charge in [0.2, 0.25) is 17.7 Å². The number of hydrogen-bond acceptors (Lipinski definition) is 7. The summed E-state index contributed by atoms with van der Waals surface area (Å²) in [5.41, 5.74) is -1.86. The van der Waals surface area contributed by atoms with Crippen LogP contribution in [0.5, 0.6) is 5.88 Å². The highest BCUT2D eigenvalue weighted by atomic mass is 19.4. The molecule has 1 fully saturated rings. The number of alkyl halides is 3. The largest absolute Gasteiger partial charge is 0.476 e. The van der Waals surface area contributed by atoms with Gasteiger partial charge in [0.25, 0.3) is 11.8 Å². The Kier molecular flexibility index (Phi) is 5.94. The average molecular weight is 480 g/mol. The van der Waals surface area contributed by atoms with Gasteiger partial charge in [0.15, 0.2) is 0 Å². The van der Waals surface area contributed by atoms with Crippen molar-refractivity contribution in [2.24, 2.45) is 0 Å². The summed E-state index contributed by atoms with van der Waals surface area (Å²) in [5, 5.41) is 4.68. The van der Waals surface area contributed by atoms with Crippen molar-refractivity contribution in [3.8, 4) is 5.88 Å². The molecule has 34 heavy (non-hydrogen) atoms. The lowest BCUT2D eigenvalue weighted by Gasteiger charge is -2.27. The van der Waals surface area contributed by atoms with E-state index in [0.717, 1.165) is 24.3 Å². The Morgan fingerprint density at radius 3 is 2.59 bits per heavy atom. The molecule has 2 aromatic rings. The number of benzene rings is 1. The number of carbonyl (C=O) groups excluding carboxylic acids is 4. The maximum Gasteiger partial charge on any atom is 0.433 e. The van der Waals surface area contributed by atoms with Crippen molar-refractivity contribution >= 4 is 29.3 Å². The number of nitrogens with one attached hydrogen (secondary N) is 2. The van der Waals surface area contributed by atoms with Gasteiger partial charge in [-0.3, -0.25) is 29.4 Å². The van der Waals surface area contributed by atoms with Crippen molar-refractivity contribution in [3.05, 3.63) is 53.0 Å². The summed E-state index contributed by atoms with van der Waals surface area (Å²) in [5.74, 6) is -4.20. The van der Waals surface area contributed by atoms with E-state index in [1.807, 2.05) is 0 Å². The molecule has 1 saturated heterocycles. The van der Waals surface area contributed by atoms with Crippen LogP contribution in [0.2, 0.25) is 0 Å². The lowest BCUT2D eigenvalue weighted by atomic mass is 10.0. The van der Waals surface area contributed by atoms with E-state index in [1.165, 1.54) is 6.07 Å². The number of imide groups is 2. The normalized spacial score (nSPS) is 18.1. The summed E-state index contributed by atoms with van der Waals surface area (Å²) in [6.07, 6.45) is -4.77. The number of anilines is 1. The molecule has 0 bridgehead atoms. The summed E-state index contributed by atoms with van der Waals surface area (Å²) in [7, 11) is 0. The van der Waals surface area contributed by atoms with Crippen LogP contribution in [0.4, 0.5) is 23.2 Å². The molecule has 1 aromatic carbocycles. The molecule has 1 unspecified atom stereocenters. The van der Waals surface area contributed by atoms with Crippen molar-refractivity contribution in [1.29, 1.82) is 0 Å². The summed E-state index contributed by atoms with van der Waals surface area (Å²) in [4.78, 5) is 53.3. The highest BCUT2D eigenvalue weighted by Gasteiger charge is 2.46. The van der Waals surface area contributed by atoms with E-state index < -0.39 is 47.4 Å². The second kappa shape index (κ2) is 8.72. The molecular formula is C21H16F4N4O5. The van der Waals surface area contributed by atoms with E-state index in [4.69, 9.17) is 4.74 Å². The quantitative estimate of drug-likeness (QED) is 0.370. The first-order chi connectivity index (χ1) is 16.1. The van der Waals surface area contributed by atoms with Gasteiger partial charge in [-0.05, 0) is 24.6 Å². The number of ether oxygens (including phenoxy) is 1. The van der Waals surface area contributed by atoms with Crippen LogP contribution >= 0.6 is 0 Å². The van der Waals surface area contributed by atoms with E-state index in [0.29, 0.717) is 4.90 Å². The highest BCUT2D eigenvalue weighted by molar-refractivity contribution is 6.25. The Morgan fingerprint density at radius 2 is 1.88 bits per heavy atom. The number of halogens is 4. The van der Waals surface area contributed by atoms with Gasteiger partial charge in [0, 0.05) is 19.0 Å². The van der Waals surface area contributed by atoms with E-state index in [-0.39, 0.29) is 48.7 Å². The SMILES string of the molecule is O=C1CCC(N2C(=O)c3ccc(F)c(NCCOc4cccc(C(F)(F)F)n4)c3C2=O)C(=O)N1. The molecule has 0 saturated carbocycles. The fourth-order valence-corrected chi connectivity index (χ4v) is 3.69. The fourth-order valence-electron chi connectivity index (χ4n) is 3.69. The van der Waals surface area contributed by atoms with Gasteiger partial charge in [-0.2, -0.15) is 13.2 Å². The molecule has 0 spiro atoms. The van der Waals surface area contributed by atoms with Crippen LogP contribution in [-0.4, -0.2) is 52.7 Å². The van der Waals surface area contributed by atoms with Crippen LogP contribution in [0.3, 0.4) is 0 Å². The second-order valence-corrected chi connectivity index (χ2v) is 7.43. The predicted octanol–water partition coefficient (Wildman–Crippen LogP) is 2.13. The Balaban J connectivity index is 1.48. The van der Waals surface area contributed by atoms with Crippen LogP contribution in [0.1, 0.15) is 39.3 Å². The van der Waals surface area contributed by atoms with Gasteiger partial charge >= 0.3 is 6.18 Å². The zero-order chi connectivity index (χ0) is 24.6. The van der Waals surface area contributed by atoms with Gasteiger partial charge in [0.1, 0.15) is 24.2 Å². The molecule has 2 aliphatic heterocycles. The van der Waals surface area contributed by atoms with Gasteiger partial charge in [-0.25, -0.2) is 9.37 Å². The first kappa shape index (κ1) is 23.1. The van der Waals surface area contributed by atoms with Gasteiger partial charge < -0.3 is 10.1 Å². The molecule has 4 rings (SSSR count). The number of piperidine rings is 1. The van der Waals surface area contributed by atoms with Crippen LogP contribution < -0.4 is 15.4 Å². The van der Waals surface area contributed by atoms with Crippen molar-refractivity contribution < 1.29 is 41.5 Å². The van der Waals surface area contributed by atoms with Gasteiger partial charge in [0.05, 0.1) is 16.8 Å². The molecule has 9 nitrogen and oxygen atoms in total. The standard InChI is InChI=1S/C21H16F4N4O5/c22-11-5-4-10-16(20(33)29(19(10)32)12-6-7-14(30)28-18(12)31)17(11)26-8-9-34-15-3-1-2-13(27-15)21(23,24)25/h1-5,12,26H,6-9H2,(H,28,30,31). The molecule has 2 aliphatic rings. The molecule has 178 valence electrons. The molecule has 2 N–H and O–H groups in total. The summed E-state index contributed by atoms with van der Waals surface area (Å²) < 4.78 is 57.9. The summed E-state index contributed by atoms with van der Waals surface area (Å²) in [6.45, 7) is -0.387. The average Bonchev–Trinajstić information content (AvgIpc) is 3.02. The predicted molar refractivity (Wildman–Crippen MR) is 106 cm³/mol. The number of amides is 4. The number of rotatable bonds is 6. The van der Waals surface area contributed by atoms with Crippen molar-refractivity contribution in [3.63, 3.8) is 0 Å². The number of hydrogen-bond donors (Lipinski definition) is 2. The topological polar surface area (TPSA) is 118 Å². The molecule has 1 aromatic heterocycles. The molecular weight excluding hydrogens is 464 g/mol. The number of pyridine rings is 1. The third kappa shape index (κ3) is 4.28. The van der Waals surface area contributed by atoms with Crippen LogP contribution in [0, 0.1) is 5.82 Å². The lowest BCUT2D eigenvalue weighted by molar-refractivity contribution is -0.141. The zero-order valence-corrected chi connectivity index (χ0v) is 17.2. The number of nitrogens with zero attached hydrogens (tertiary/aromatic N) is 2. The Labute approximate surface area is 189 Å². The Bertz CT molecular complexity index is 1200. The van der Waals surface area contributed by atoms with E-state index in [2.05, 4.69) is 15.6 Å². The molecule has 13 heteroatoms. The second-order valence-electron chi connectivity index (χ2n) is 7.43. The molecule has 1 atom stereocenters. The van der Waals surface area contributed by atoms with Crippen LogP contribution in [-0.2, 0) is 15.8 Å². The molecule has 3 heterocycles. The van der Waals surface area contributed by atoms with Gasteiger partial charge in [-0.15, -0.1) is 0 Å². The minimum absolute atomic E-state index is 0.0563. The Morgan fingerprint density at radius 1 is 1.12 bits per heavy atom. The first-order valence-electron chi connectivity index (χ1n) is 10.0. The fraction of sp³-hybridized carbons (Fsp3) is 0.286. The van der Waals surface area contributed by atoms with Crippen LogP contribution in [0.15, 0.2) is 30.3 Å². The summed E-state index contributed by atoms with van der Waals surface area (Å²) in [6, 6.07) is 3.99. The molecule has 0 aliphatic carbocycles. The zero-order valence-electron chi connectivity index (χ0n) is 17.2. The minimum atomic E-state index is -4.65. The van der Waals surface area contributed by atoms with Crippen LogP contribution in [0.25, 0.3) is 0 Å². The Hall–Kier alpha value is -4.03. The van der Waals surface area contributed by atoms with E-state index in [9.17, 15) is 36.7 Å². The summed E-state index contributed by atoms with van der Waals surface area (Å²) >= 11 is 0. The van der Waals surface area contributed by atoms with E-state index >= 15 is 0 Å². The highest BCUT2D eigenvalue weighted by Crippen LogP contribution is 2.34.